The first kappa shape index (κ1) is 22.7. The Morgan fingerprint density at radius 1 is 1.10 bits per heavy atom. The van der Waals surface area contributed by atoms with Gasteiger partial charge >= 0.3 is 0 Å². The van der Waals surface area contributed by atoms with E-state index < -0.39 is 6.04 Å². The summed E-state index contributed by atoms with van der Waals surface area (Å²) < 4.78 is 0. The van der Waals surface area contributed by atoms with Gasteiger partial charge in [0.25, 0.3) is 5.91 Å². The third kappa shape index (κ3) is 5.99. The second-order valence-corrected chi connectivity index (χ2v) is 8.11. The van der Waals surface area contributed by atoms with Crippen LogP contribution in [0.25, 0.3) is 0 Å². The van der Waals surface area contributed by atoms with Crippen molar-refractivity contribution in [1.82, 2.24) is 20.6 Å². The van der Waals surface area contributed by atoms with E-state index in [0.29, 0.717) is 21.6 Å². The van der Waals surface area contributed by atoms with Gasteiger partial charge in [-0.15, -0.1) is 0 Å². The molecule has 9 heteroatoms. The number of aromatic nitrogens is 2. The van der Waals surface area contributed by atoms with Crippen molar-refractivity contribution in [3.63, 3.8) is 0 Å². The molecule has 0 saturated carbocycles. The van der Waals surface area contributed by atoms with Crippen molar-refractivity contribution in [3.05, 3.63) is 80.7 Å². The highest BCUT2D eigenvalue weighted by atomic mass is 35.5. The zero-order valence-corrected chi connectivity index (χ0v) is 18.6. The Hall–Kier alpha value is -3.03. The number of amides is 2. The fourth-order valence-electron chi connectivity index (χ4n) is 3.16. The molecule has 0 fully saturated rings. The number of nitrogens with zero attached hydrogens (tertiary/aromatic N) is 1. The van der Waals surface area contributed by atoms with Crippen molar-refractivity contribution in [2.24, 2.45) is 0 Å². The summed E-state index contributed by atoms with van der Waals surface area (Å²) in [6.45, 7) is 3.95. The number of carbonyl (C=O) groups excluding carboxylic acids is 2. The van der Waals surface area contributed by atoms with Crippen molar-refractivity contribution in [2.45, 2.75) is 32.9 Å². The van der Waals surface area contributed by atoms with Crippen LogP contribution >= 0.6 is 23.2 Å². The zero-order valence-electron chi connectivity index (χ0n) is 17.1. The minimum Gasteiger partial charge on any atom is -0.384 e. The van der Waals surface area contributed by atoms with Crippen LogP contribution in [0.1, 0.15) is 32.9 Å². The number of aromatic amines is 1. The van der Waals surface area contributed by atoms with Gasteiger partial charge in [-0.3, -0.25) is 9.59 Å². The van der Waals surface area contributed by atoms with E-state index in [2.05, 4.69) is 20.6 Å². The van der Waals surface area contributed by atoms with E-state index >= 15 is 0 Å². The van der Waals surface area contributed by atoms with Crippen LogP contribution < -0.4 is 16.4 Å². The second-order valence-electron chi connectivity index (χ2n) is 7.30. The van der Waals surface area contributed by atoms with Gasteiger partial charge in [-0.25, -0.2) is 4.98 Å². The lowest BCUT2D eigenvalue weighted by Gasteiger charge is -2.19. The Kier molecular flexibility index (Phi) is 7.20. The molecule has 2 amide bonds. The predicted molar refractivity (Wildman–Crippen MR) is 122 cm³/mol. The topological polar surface area (TPSA) is 113 Å². The van der Waals surface area contributed by atoms with Gasteiger partial charge in [0, 0.05) is 24.9 Å². The minimum atomic E-state index is -0.825. The Morgan fingerprint density at radius 3 is 2.45 bits per heavy atom. The maximum Gasteiger partial charge on any atom is 0.268 e. The number of hydrogen-bond acceptors (Lipinski definition) is 4. The molecular formula is C22H23Cl2N5O2. The summed E-state index contributed by atoms with van der Waals surface area (Å²) in [6.07, 6.45) is 1.83. The second kappa shape index (κ2) is 9.85. The van der Waals surface area contributed by atoms with Gasteiger partial charge < -0.3 is 21.4 Å². The van der Waals surface area contributed by atoms with Gasteiger partial charge in [0.15, 0.2) is 0 Å². The quantitative estimate of drug-likeness (QED) is 0.432. The number of H-pyrrole nitrogens is 1. The van der Waals surface area contributed by atoms with Crippen LogP contribution in [0.15, 0.2) is 42.6 Å². The average Bonchev–Trinajstić information content (AvgIpc) is 3.07. The monoisotopic (exact) mass is 459 g/mol. The maximum absolute atomic E-state index is 13.0. The molecule has 0 unspecified atom stereocenters. The SMILES string of the molecule is Cc1cc(C)c(C(=O)N[C@@H](Cc2ccc(Cl)c(Cl)c2)C(=O)NCc2ccc(N)nc2)[nH]1. The molecule has 31 heavy (non-hydrogen) atoms. The number of aryl methyl sites for hydroxylation is 2. The molecule has 162 valence electrons. The van der Waals surface area contributed by atoms with Crippen LogP contribution in [0, 0.1) is 13.8 Å². The fraction of sp³-hybridized carbons (Fsp3) is 0.227. The van der Waals surface area contributed by atoms with Crippen LogP contribution in [0.5, 0.6) is 0 Å². The van der Waals surface area contributed by atoms with E-state index in [9.17, 15) is 9.59 Å². The lowest BCUT2D eigenvalue weighted by molar-refractivity contribution is -0.123. The number of nitrogens with two attached hydrogens (primary N) is 1. The summed E-state index contributed by atoms with van der Waals surface area (Å²) in [5, 5.41) is 6.46. The molecular weight excluding hydrogens is 437 g/mol. The number of hydrogen-bond donors (Lipinski definition) is 4. The largest absolute Gasteiger partial charge is 0.384 e. The zero-order chi connectivity index (χ0) is 22.5. The van der Waals surface area contributed by atoms with Crippen LogP contribution in [-0.4, -0.2) is 27.8 Å². The molecule has 3 rings (SSSR count). The van der Waals surface area contributed by atoms with Gasteiger partial charge in [-0.2, -0.15) is 0 Å². The number of benzene rings is 1. The van der Waals surface area contributed by atoms with E-state index in [0.717, 1.165) is 22.4 Å². The third-order valence-electron chi connectivity index (χ3n) is 4.74. The van der Waals surface area contributed by atoms with Gasteiger partial charge in [0.05, 0.1) is 10.0 Å². The Balaban J connectivity index is 1.77. The molecule has 2 aromatic heterocycles. The first-order chi connectivity index (χ1) is 14.7. The van der Waals surface area contributed by atoms with Gasteiger partial charge in [-0.05, 0) is 54.8 Å². The first-order valence-corrected chi connectivity index (χ1v) is 10.4. The van der Waals surface area contributed by atoms with E-state index in [1.54, 1.807) is 36.5 Å². The highest BCUT2D eigenvalue weighted by Crippen LogP contribution is 2.23. The van der Waals surface area contributed by atoms with Gasteiger partial charge in [-0.1, -0.05) is 35.3 Å². The molecule has 0 aliphatic heterocycles. The molecule has 1 atom stereocenters. The molecule has 0 saturated heterocycles. The van der Waals surface area contributed by atoms with Crippen LogP contribution in [0.2, 0.25) is 10.0 Å². The molecule has 0 bridgehead atoms. The molecule has 0 aliphatic carbocycles. The summed E-state index contributed by atoms with van der Waals surface area (Å²) in [5.41, 5.74) is 9.24. The van der Waals surface area contributed by atoms with E-state index in [1.807, 2.05) is 19.9 Å². The maximum atomic E-state index is 13.0. The summed E-state index contributed by atoms with van der Waals surface area (Å²) in [4.78, 5) is 32.8. The molecule has 1 aromatic carbocycles. The molecule has 7 nitrogen and oxygen atoms in total. The number of nitrogens with one attached hydrogen (secondary N) is 3. The van der Waals surface area contributed by atoms with Crippen molar-refractivity contribution in [1.29, 1.82) is 0 Å². The minimum absolute atomic E-state index is 0.243. The van der Waals surface area contributed by atoms with Crippen molar-refractivity contribution >= 4 is 40.8 Å². The molecule has 3 aromatic rings. The Labute approximate surface area is 190 Å². The average molecular weight is 460 g/mol. The number of rotatable bonds is 7. The molecule has 0 aliphatic rings. The highest BCUT2D eigenvalue weighted by Gasteiger charge is 2.23. The van der Waals surface area contributed by atoms with Crippen molar-refractivity contribution in [2.75, 3.05) is 5.73 Å². The molecule has 2 heterocycles. The van der Waals surface area contributed by atoms with Crippen LogP contribution in [0.4, 0.5) is 5.82 Å². The first-order valence-electron chi connectivity index (χ1n) is 9.62. The van der Waals surface area contributed by atoms with E-state index in [4.69, 9.17) is 28.9 Å². The Bertz CT molecular complexity index is 1100. The van der Waals surface area contributed by atoms with Gasteiger partial charge in [0.1, 0.15) is 17.6 Å². The number of halogens is 2. The van der Waals surface area contributed by atoms with Crippen LogP contribution in [0.3, 0.4) is 0 Å². The lowest BCUT2D eigenvalue weighted by atomic mass is 10.0. The fourth-order valence-corrected chi connectivity index (χ4v) is 3.48. The highest BCUT2D eigenvalue weighted by molar-refractivity contribution is 6.42. The third-order valence-corrected chi connectivity index (χ3v) is 5.48. The summed E-state index contributed by atoms with van der Waals surface area (Å²) in [5.74, 6) is -0.298. The predicted octanol–water partition coefficient (Wildman–Crippen LogP) is 3.57. The summed E-state index contributed by atoms with van der Waals surface area (Å²) in [7, 11) is 0. The van der Waals surface area contributed by atoms with Gasteiger partial charge in [0.2, 0.25) is 5.91 Å². The van der Waals surface area contributed by atoms with Crippen LogP contribution in [-0.2, 0) is 17.8 Å². The number of anilines is 1. The number of nitrogen functional groups attached to an aromatic ring is 1. The summed E-state index contributed by atoms with van der Waals surface area (Å²) in [6, 6.07) is 9.60. The lowest BCUT2D eigenvalue weighted by Crippen LogP contribution is -2.48. The Morgan fingerprint density at radius 2 is 1.84 bits per heavy atom. The van der Waals surface area contributed by atoms with Crippen molar-refractivity contribution < 1.29 is 9.59 Å². The number of carbonyl (C=O) groups is 2. The normalized spacial score (nSPS) is 11.7. The standard InChI is InChI=1S/C22H23Cl2N5O2/c1-12-7-13(2)28-20(12)22(31)29-18(9-14-3-5-16(23)17(24)8-14)21(30)27-11-15-4-6-19(25)26-10-15/h3-8,10,18,28H,9,11H2,1-2H3,(H2,25,26)(H,27,30)(H,29,31)/t18-/m0/s1. The van der Waals surface area contributed by atoms with E-state index in [-0.39, 0.29) is 24.8 Å². The molecule has 0 spiro atoms. The number of pyridine rings is 1. The smallest absolute Gasteiger partial charge is 0.268 e. The molecule has 0 radical (unpaired) electrons. The van der Waals surface area contributed by atoms with E-state index in [1.165, 1.54) is 0 Å². The molecule has 5 N–H and O–H groups in total. The summed E-state index contributed by atoms with van der Waals surface area (Å²) >= 11 is 12.1. The van der Waals surface area contributed by atoms with Crippen molar-refractivity contribution in [3.8, 4) is 0 Å².